The molecule has 2 saturated heterocycles. The molecule has 5 unspecified atom stereocenters. The maximum absolute atomic E-state index is 10.0. The first-order chi connectivity index (χ1) is 10.2. The van der Waals surface area contributed by atoms with Crippen LogP contribution < -0.4 is 0 Å². The Morgan fingerprint density at radius 1 is 0.727 bits per heavy atom. The van der Waals surface area contributed by atoms with Gasteiger partial charge in [-0.15, -0.1) is 0 Å². The largest absolute Gasteiger partial charge is 0.368 e. The molecule has 22 heavy (non-hydrogen) atoms. The van der Waals surface area contributed by atoms with Crippen LogP contribution in [0.2, 0.25) is 0 Å². The number of hydrogen-bond donors (Lipinski definition) is 1. The van der Waals surface area contributed by atoms with Gasteiger partial charge in [-0.25, -0.2) is 0 Å². The number of hydrogen-bond acceptors (Lipinski definition) is 4. The summed E-state index contributed by atoms with van der Waals surface area (Å²) in [4.78, 5) is 0. The smallest absolute Gasteiger partial charge is 0.160 e. The van der Waals surface area contributed by atoms with E-state index in [9.17, 15) is 5.11 Å². The van der Waals surface area contributed by atoms with Crippen LogP contribution in [0.25, 0.3) is 0 Å². The molecule has 0 amide bonds. The van der Waals surface area contributed by atoms with E-state index in [-0.39, 0.29) is 24.4 Å². The van der Waals surface area contributed by atoms with Crippen LogP contribution >= 0.6 is 0 Å². The minimum absolute atomic E-state index is 0.0676. The lowest BCUT2D eigenvalue weighted by Crippen LogP contribution is -2.49. The zero-order valence-corrected chi connectivity index (χ0v) is 15.2. The Hall–Kier alpha value is -0.160. The Labute approximate surface area is 135 Å². The molecule has 2 aliphatic rings. The highest BCUT2D eigenvalue weighted by Gasteiger charge is 2.41. The van der Waals surface area contributed by atoms with E-state index in [4.69, 9.17) is 14.2 Å². The van der Waals surface area contributed by atoms with Gasteiger partial charge in [0.05, 0.1) is 18.8 Å². The third-order valence-corrected chi connectivity index (χ3v) is 6.61. The summed E-state index contributed by atoms with van der Waals surface area (Å²) in [6, 6.07) is 0. The standard InChI is InChI=1S/C18H34O4/c1-9-11(3)15(7)21-18(14(9)6)20-8-16-12(4)10(2)13(5)17(19)22-16/h9-19H,8H2,1-7H3/t9-,10-,11-,12-,13?,14?,15?,16?,17?,18-/m1/s1. The Morgan fingerprint density at radius 2 is 1.32 bits per heavy atom. The lowest BCUT2D eigenvalue weighted by Gasteiger charge is -2.44. The zero-order valence-electron chi connectivity index (χ0n) is 15.2. The van der Waals surface area contributed by atoms with Gasteiger partial charge < -0.3 is 19.3 Å². The average Bonchev–Trinajstić information content (AvgIpc) is 2.49. The molecule has 0 aliphatic carbocycles. The lowest BCUT2D eigenvalue weighted by atomic mass is 9.79. The van der Waals surface area contributed by atoms with Gasteiger partial charge in [-0.05, 0) is 30.6 Å². The molecule has 130 valence electrons. The van der Waals surface area contributed by atoms with Crippen LogP contribution in [0.1, 0.15) is 48.5 Å². The van der Waals surface area contributed by atoms with E-state index in [0.717, 1.165) is 0 Å². The van der Waals surface area contributed by atoms with Crippen molar-refractivity contribution in [1.29, 1.82) is 0 Å². The van der Waals surface area contributed by atoms with Crippen LogP contribution in [0.4, 0.5) is 0 Å². The molecule has 0 aromatic carbocycles. The first-order valence-corrected chi connectivity index (χ1v) is 8.84. The molecular weight excluding hydrogens is 280 g/mol. The van der Waals surface area contributed by atoms with Crippen LogP contribution in [0.15, 0.2) is 0 Å². The molecule has 0 aromatic rings. The maximum atomic E-state index is 10.0. The maximum Gasteiger partial charge on any atom is 0.160 e. The van der Waals surface area contributed by atoms with Gasteiger partial charge in [-0.3, -0.25) is 0 Å². The zero-order chi connectivity index (χ0) is 16.6. The molecule has 0 saturated carbocycles. The topological polar surface area (TPSA) is 47.9 Å². The summed E-state index contributed by atoms with van der Waals surface area (Å²) in [5, 5.41) is 10.0. The first-order valence-electron chi connectivity index (χ1n) is 8.84. The highest BCUT2D eigenvalue weighted by Crippen LogP contribution is 2.37. The van der Waals surface area contributed by atoms with Crippen molar-refractivity contribution < 1.29 is 19.3 Å². The quantitative estimate of drug-likeness (QED) is 0.868. The molecule has 2 aliphatic heterocycles. The molecule has 0 spiro atoms. The fourth-order valence-electron chi connectivity index (χ4n) is 3.69. The van der Waals surface area contributed by atoms with Crippen molar-refractivity contribution in [2.45, 2.75) is 73.3 Å². The summed E-state index contributed by atoms with van der Waals surface area (Å²) >= 11 is 0. The fourth-order valence-corrected chi connectivity index (χ4v) is 3.69. The monoisotopic (exact) mass is 314 g/mol. The third kappa shape index (κ3) is 3.50. The van der Waals surface area contributed by atoms with Crippen LogP contribution in [0.5, 0.6) is 0 Å². The van der Waals surface area contributed by atoms with Crippen molar-refractivity contribution in [1.82, 2.24) is 0 Å². The van der Waals surface area contributed by atoms with Gasteiger partial charge in [0.1, 0.15) is 0 Å². The summed E-state index contributed by atoms with van der Waals surface area (Å²) in [6.07, 6.45) is -0.724. The summed E-state index contributed by atoms with van der Waals surface area (Å²) in [5.74, 6) is 2.43. The van der Waals surface area contributed by atoms with Crippen LogP contribution in [-0.2, 0) is 14.2 Å². The van der Waals surface area contributed by atoms with E-state index in [1.165, 1.54) is 0 Å². The van der Waals surface area contributed by atoms with Crippen molar-refractivity contribution in [2.75, 3.05) is 6.61 Å². The number of rotatable bonds is 3. The molecule has 2 heterocycles. The minimum Gasteiger partial charge on any atom is -0.368 e. The van der Waals surface area contributed by atoms with Gasteiger partial charge in [0, 0.05) is 11.8 Å². The highest BCUT2D eigenvalue weighted by molar-refractivity contribution is 4.84. The second-order valence-electron chi connectivity index (χ2n) is 7.76. The van der Waals surface area contributed by atoms with Crippen molar-refractivity contribution in [3.05, 3.63) is 0 Å². The molecule has 10 atom stereocenters. The van der Waals surface area contributed by atoms with E-state index < -0.39 is 6.29 Å². The molecular formula is C18H34O4. The summed E-state index contributed by atoms with van der Waals surface area (Å²) < 4.78 is 17.9. The van der Waals surface area contributed by atoms with E-state index in [1.54, 1.807) is 0 Å². The van der Waals surface area contributed by atoms with E-state index in [0.29, 0.717) is 36.2 Å². The Balaban J connectivity index is 1.92. The highest BCUT2D eigenvalue weighted by atomic mass is 16.7. The van der Waals surface area contributed by atoms with Crippen molar-refractivity contribution in [2.24, 2.45) is 35.5 Å². The third-order valence-electron chi connectivity index (χ3n) is 6.61. The van der Waals surface area contributed by atoms with E-state index >= 15 is 0 Å². The molecule has 0 aromatic heterocycles. The lowest BCUT2D eigenvalue weighted by molar-refractivity contribution is -0.279. The normalized spacial score (nSPS) is 53.5. The van der Waals surface area contributed by atoms with Gasteiger partial charge in [0.2, 0.25) is 0 Å². The summed E-state index contributed by atoms with van der Waals surface area (Å²) in [5.41, 5.74) is 0. The van der Waals surface area contributed by atoms with Crippen molar-refractivity contribution >= 4 is 0 Å². The van der Waals surface area contributed by atoms with Gasteiger partial charge in [-0.2, -0.15) is 0 Å². The number of ether oxygens (including phenoxy) is 3. The molecule has 2 rings (SSSR count). The summed E-state index contributed by atoms with van der Waals surface area (Å²) in [6.45, 7) is 15.7. The summed E-state index contributed by atoms with van der Waals surface area (Å²) in [7, 11) is 0. The predicted molar refractivity (Wildman–Crippen MR) is 86.2 cm³/mol. The van der Waals surface area contributed by atoms with Crippen molar-refractivity contribution in [3.8, 4) is 0 Å². The molecule has 0 bridgehead atoms. The van der Waals surface area contributed by atoms with Crippen LogP contribution in [-0.4, -0.2) is 36.5 Å². The Kier molecular flexibility index (Phi) is 5.92. The number of aliphatic hydroxyl groups excluding tert-OH is 1. The molecule has 4 nitrogen and oxygen atoms in total. The van der Waals surface area contributed by atoms with Crippen LogP contribution in [0.3, 0.4) is 0 Å². The Morgan fingerprint density at radius 3 is 1.95 bits per heavy atom. The SMILES string of the molecule is CC1O[C@@H](OCC2OC(O)C(C)[C@H](C)[C@H]2C)C(C)[C@H](C)[C@H]1C. The fraction of sp³-hybridized carbons (Fsp3) is 1.00. The van der Waals surface area contributed by atoms with E-state index in [1.807, 2.05) is 6.92 Å². The van der Waals surface area contributed by atoms with Crippen molar-refractivity contribution in [3.63, 3.8) is 0 Å². The molecule has 0 radical (unpaired) electrons. The average molecular weight is 314 g/mol. The van der Waals surface area contributed by atoms with Gasteiger partial charge >= 0.3 is 0 Å². The first kappa shape index (κ1) is 18.2. The van der Waals surface area contributed by atoms with Gasteiger partial charge in [0.15, 0.2) is 12.6 Å². The minimum atomic E-state index is -0.692. The van der Waals surface area contributed by atoms with Crippen LogP contribution in [0, 0.1) is 35.5 Å². The predicted octanol–water partition coefficient (Wildman–Crippen LogP) is 3.28. The van der Waals surface area contributed by atoms with Gasteiger partial charge in [-0.1, -0.05) is 41.5 Å². The number of aliphatic hydroxyl groups is 1. The van der Waals surface area contributed by atoms with Gasteiger partial charge in [0.25, 0.3) is 0 Å². The molecule has 2 fully saturated rings. The molecule has 4 heteroatoms. The van der Waals surface area contributed by atoms with E-state index in [2.05, 4.69) is 41.5 Å². The second kappa shape index (κ2) is 7.16. The Bertz CT molecular complexity index is 327. The molecule has 1 N–H and O–H groups in total. The second-order valence-corrected chi connectivity index (χ2v) is 7.76.